The van der Waals surface area contributed by atoms with Gasteiger partial charge in [-0.1, -0.05) is 6.58 Å². The molecule has 1 amide bonds. The number of carbonyl (C=O) groups is 2. The first-order valence-corrected chi connectivity index (χ1v) is 9.21. The molecule has 2 aromatic heterocycles. The first-order chi connectivity index (χ1) is 15.2. The predicted octanol–water partition coefficient (Wildman–Crippen LogP) is 3.33. The van der Waals surface area contributed by atoms with Crippen LogP contribution in [0.15, 0.2) is 49.2 Å². The molecular weight excluding hydrogens is 433 g/mol. The number of benzene rings is 1. The Morgan fingerprint density at radius 1 is 1.31 bits per heavy atom. The summed E-state index contributed by atoms with van der Waals surface area (Å²) in [7, 11) is 0. The fourth-order valence-electron chi connectivity index (χ4n) is 3.22. The van der Waals surface area contributed by atoms with Crippen LogP contribution >= 0.6 is 0 Å². The summed E-state index contributed by atoms with van der Waals surface area (Å²) in [6, 6.07) is 6.69. The van der Waals surface area contributed by atoms with E-state index in [1.54, 1.807) is 6.07 Å². The zero-order valence-electron chi connectivity index (χ0n) is 16.3. The van der Waals surface area contributed by atoms with Gasteiger partial charge in [0.05, 0.1) is 23.3 Å². The van der Waals surface area contributed by atoms with Crippen molar-refractivity contribution in [3.63, 3.8) is 0 Å². The van der Waals surface area contributed by atoms with Crippen LogP contribution in [0.5, 0.6) is 5.75 Å². The van der Waals surface area contributed by atoms with Crippen molar-refractivity contribution in [2.75, 3.05) is 6.61 Å². The van der Waals surface area contributed by atoms with Crippen LogP contribution in [0.3, 0.4) is 0 Å². The molecule has 1 saturated heterocycles. The highest BCUT2D eigenvalue weighted by Gasteiger charge is 2.32. The Bertz CT molecular complexity index is 1190. The molecule has 3 aromatic rings. The van der Waals surface area contributed by atoms with Crippen LogP contribution in [0.4, 0.5) is 18.0 Å². The molecule has 0 aliphatic carbocycles. The first kappa shape index (κ1) is 21.2. The molecule has 0 spiro atoms. The van der Waals surface area contributed by atoms with E-state index in [0.717, 1.165) is 18.2 Å². The minimum absolute atomic E-state index is 0.00381. The Kier molecular flexibility index (Phi) is 5.43. The number of rotatable bonds is 6. The molecule has 0 unspecified atom stereocenters. The summed E-state index contributed by atoms with van der Waals surface area (Å²) in [6.45, 7) is 3.39. The molecule has 1 aliphatic heterocycles. The summed E-state index contributed by atoms with van der Waals surface area (Å²) < 4.78 is 52.7. The van der Waals surface area contributed by atoms with Crippen LogP contribution in [-0.4, -0.2) is 39.8 Å². The molecule has 0 bridgehead atoms. The number of nitrogens with zero attached hydrogens (tertiary/aromatic N) is 3. The molecule has 3 heterocycles. The van der Waals surface area contributed by atoms with Gasteiger partial charge in [0, 0.05) is 11.8 Å². The number of hydrogen-bond acceptors (Lipinski definition) is 7. The van der Waals surface area contributed by atoms with Gasteiger partial charge in [-0.3, -0.25) is 4.79 Å². The summed E-state index contributed by atoms with van der Waals surface area (Å²) in [5.74, 6) is -0.817. The van der Waals surface area contributed by atoms with E-state index in [4.69, 9.17) is 9.47 Å². The standard InChI is InChI=1S/C20H15F3N4O5/c1-2-16(28)25-9-14-17-13(15-10-30-19(29)31-15)7-8-24-18(17)27(26-14)11-3-5-12(6-4-11)32-20(21,22)23/h2-8,15H,1,9-10H2,(H,25,28)/t15-/m1/s1. The Morgan fingerprint density at radius 3 is 2.69 bits per heavy atom. The number of halogens is 3. The highest BCUT2D eigenvalue weighted by molar-refractivity contribution is 5.88. The van der Waals surface area contributed by atoms with Crippen molar-refractivity contribution < 1.29 is 37.0 Å². The topological polar surface area (TPSA) is 105 Å². The van der Waals surface area contributed by atoms with E-state index < -0.39 is 24.5 Å². The molecule has 9 nitrogen and oxygen atoms in total. The normalized spacial score (nSPS) is 15.8. The van der Waals surface area contributed by atoms with Crippen LogP contribution in [0.2, 0.25) is 0 Å². The van der Waals surface area contributed by atoms with E-state index in [1.165, 1.54) is 23.0 Å². The van der Waals surface area contributed by atoms with Gasteiger partial charge in [0.2, 0.25) is 5.91 Å². The number of alkyl halides is 3. The molecule has 32 heavy (non-hydrogen) atoms. The molecule has 12 heteroatoms. The van der Waals surface area contributed by atoms with Crippen LogP contribution in [0.1, 0.15) is 17.4 Å². The number of pyridine rings is 1. The monoisotopic (exact) mass is 448 g/mol. The highest BCUT2D eigenvalue weighted by Crippen LogP contribution is 2.33. The van der Waals surface area contributed by atoms with Crippen molar-refractivity contribution in [2.45, 2.75) is 19.0 Å². The fourth-order valence-corrected chi connectivity index (χ4v) is 3.22. The molecule has 1 fully saturated rings. The Hall–Kier alpha value is -4.09. The number of nitrogens with one attached hydrogen (secondary N) is 1. The zero-order valence-corrected chi connectivity index (χ0v) is 16.3. The molecule has 1 N–H and O–H groups in total. The molecular formula is C20H15F3N4O5. The van der Waals surface area contributed by atoms with Crippen molar-refractivity contribution in [3.05, 3.63) is 60.4 Å². The van der Waals surface area contributed by atoms with Gasteiger partial charge in [0.25, 0.3) is 0 Å². The second-order valence-electron chi connectivity index (χ2n) is 6.59. The zero-order chi connectivity index (χ0) is 22.9. The lowest BCUT2D eigenvalue weighted by Crippen LogP contribution is -2.20. The van der Waals surface area contributed by atoms with Crippen molar-refractivity contribution in [1.82, 2.24) is 20.1 Å². The summed E-state index contributed by atoms with van der Waals surface area (Å²) in [5.41, 5.74) is 1.71. The van der Waals surface area contributed by atoms with Gasteiger partial charge >= 0.3 is 12.5 Å². The van der Waals surface area contributed by atoms with E-state index in [1.807, 2.05) is 0 Å². The maximum absolute atomic E-state index is 12.4. The third-order valence-corrected chi connectivity index (χ3v) is 4.54. The molecule has 0 saturated carbocycles. The summed E-state index contributed by atoms with van der Waals surface area (Å²) in [5, 5.41) is 7.61. The average Bonchev–Trinajstić information content (AvgIpc) is 3.35. The van der Waals surface area contributed by atoms with Gasteiger partial charge in [-0.2, -0.15) is 5.10 Å². The van der Waals surface area contributed by atoms with E-state index >= 15 is 0 Å². The Balaban J connectivity index is 1.78. The lowest BCUT2D eigenvalue weighted by atomic mass is 10.1. The maximum Gasteiger partial charge on any atom is 0.573 e. The summed E-state index contributed by atoms with van der Waals surface area (Å²) in [4.78, 5) is 27.4. The molecule has 1 aliphatic rings. The third kappa shape index (κ3) is 4.33. The van der Waals surface area contributed by atoms with Gasteiger partial charge < -0.3 is 19.5 Å². The minimum Gasteiger partial charge on any atom is -0.430 e. The van der Waals surface area contributed by atoms with Gasteiger partial charge in [-0.25, -0.2) is 14.5 Å². The van der Waals surface area contributed by atoms with Crippen LogP contribution in [-0.2, 0) is 20.8 Å². The molecule has 0 radical (unpaired) electrons. The van der Waals surface area contributed by atoms with Crippen molar-refractivity contribution in [2.24, 2.45) is 0 Å². The van der Waals surface area contributed by atoms with Crippen LogP contribution in [0, 0.1) is 0 Å². The van der Waals surface area contributed by atoms with Gasteiger partial charge in [0.15, 0.2) is 11.8 Å². The lowest BCUT2D eigenvalue weighted by molar-refractivity contribution is -0.274. The van der Waals surface area contributed by atoms with E-state index in [9.17, 15) is 22.8 Å². The Morgan fingerprint density at radius 2 is 2.06 bits per heavy atom. The quantitative estimate of drug-likeness (QED) is 0.456. The minimum atomic E-state index is -4.81. The number of ether oxygens (including phenoxy) is 3. The largest absolute Gasteiger partial charge is 0.573 e. The molecule has 166 valence electrons. The number of cyclic esters (lactones) is 2. The number of amides is 1. The van der Waals surface area contributed by atoms with E-state index in [-0.39, 0.29) is 18.9 Å². The van der Waals surface area contributed by atoms with Gasteiger partial charge in [0.1, 0.15) is 12.4 Å². The number of carbonyl (C=O) groups excluding carboxylic acids is 2. The van der Waals surface area contributed by atoms with Gasteiger partial charge in [-0.15, -0.1) is 13.2 Å². The highest BCUT2D eigenvalue weighted by atomic mass is 19.4. The van der Waals surface area contributed by atoms with E-state index in [2.05, 4.69) is 26.7 Å². The number of fused-ring (bicyclic) bond motifs is 1. The maximum atomic E-state index is 12.4. The smallest absolute Gasteiger partial charge is 0.430 e. The second-order valence-corrected chi connectivity index (χ2v) is 6.59. The number of aromatic nitrogens is 3. The SMILES string of the molecule is C=CC(=O)NCc1nn(-c2ccc(OC(F)(F)F)cc2)c2nccc([C@H]3COC(=O)O3)c12. The van der Waals surface area contributed by atoms with Crippen molar-refractivity contribution in [1.29, 1.82) is 0 Å². The van der Waals surface area contributed by atoms with E-state index in [0.29, 0.717) is 28.0 Å². The fraction of sp³-hybridized carbons (Fsp3) is 0.200. The van der Waals surface area contributed by atoms with Crippen molar-refractivity contribution >= 4 is 23.1 Å². The summed E-state index contributed by atoms with van der Waals surface area (Å²) >= 11 is 0. The van der Waals surface area contributed by atoms with Crippen LogP contribution < -0.4 is 10.1 Å². The van der Waals surface area contributed by atoms with Crippen molar-refractivity contribution in [3.8, 4) is 11.4 Å². The van der Waals surface area contributed by atoms with Crippen LogP contribution in [0.25, 0.3) is 16.7 Å². The van der Waals surface area contributed by atoms with Gasteiger partial charge in [-0.05, 0) is 36.4 Å². The predicted molar refractivity (Wildman–Crippen MR) is 103 cm³/mol. The number of hydrogen-bond donors (Lipinski definition) is 1. The molecule has 4 rings (SSSR count). The average molecular weight is 448 g/mol. The Labute approximate surface area is 178 Å². The lowest BCUT2D eigenvalue weighted by Gasteiger charge is -2.10. The molecule has 1 atom stereocenters. The second kappa shape index (κ2) is 8.21. The third-order valence-electron chi connectivity index (χ3n) is 4.54. The first-order valence-electron chi connectivity index (χ1n) is 9.21. The summed E-state index contributed by atoms with van der Waals surface area (Å²) in [6.07, 6.45) is -3.75. The molecule has 1 aromatic carbocycles.